The lowest BCUT2D eigenvalue weighted by Gasteiger charge is -2.18. The Kier molecular flexibility index (Phi) is 10.6. The van der Waals surface area contributed by atoms with Crippen molar-refractivity contribution in [1.82, 2.24) is 0 Å². The first-order valence-electron chi connectivity index (χ1n) is 23.0. The van der Waals surface area contributed by atoms with Gasteiger partial charge in [0.1, 0.15) is 11.5 Å². The lowest BCUT2D eigenvalue weighted by molar-refractivity contribution is 0.483. The smallest absolute Gasteiger partial charge is 0.129 e. The van der Waals surface area contributed by atoms with Gasteiger partial charge in [0.05, 0.1) is 34.1 Å². The fourth-order valence-electron chi connectivity index (χ4n) is 9.08. The van der Waals surface area contributed by atoms with Gasteiger partial charge in [-0.3, -0.25) is 0 Å². The van der Waals surface area contributed by atoms with Crippen molar-refractivity contribution in [2.24, 2.45) is 0 Å². The number of para-hydroxylation sites is 6. The molecular weight excluding hydrogens is 841 g/mol. The van der Waals surface area contributed by atoms with E-state index in [4.69, 9.17) is 4.74 Å². The predicted molar refractivity (Wildman–Crippen MR) is 290 cm³/mol. The molecule has 0 amide bonds. The second-order valence-corrected chi connectivity index (χ2v) is 17.0. The van der Waals surface area contributed by atoms with Crippen molar-refractivity contribution in [2.75, 3.05) is 21.3 Å². The molecule has 2 aliphatic heterocycles. The van der Waals surface area contributed by atoms with Crippen LogP contribution in [0.2, 0.25) is 0 Å². The van der Waals surface area contributed by atoms with Crippen molar-refractivity contribution in [2.45, 2.75) is 0 Å². The maximum atomic E-state index is 6.56. The van der Waals surface area contributed by atoms with Gasteiger partial charge < -0.3 is 26.0 Å². The van der Waals surface area contributed by atoms with E-state index in [1.54, 1.807) is 0 Å². The minimum absolute atomic E-state index is 0.704. The van der Waals surface area contributed by atoms with E-state index in [9.17, 15) is 0 Å². The lowest BCUT2D eigenvalue weighted by Crippen LogP contribution is -1.99. The van der Waals surface area contributed by atoms with Crippen LogP contribution in [0.25, 0.3) is 64.6 Å². The van der Waals surface area contributed by atoms with E-state index in [0.29, 0.717) is 11.5 Å². The molecule has 5 nitrogen and oxygen atoms in total. The summed E-state index contributed by atoms with van der Waals surface area (Å²) in [6.07, 6.45) is 0. The summed E-state index contributed by atoms with van der Waals surface area (Å²) in [5.41, 5.74) is 7.30. The van der Waals surface area contributed by atoms with Crippen LogP contribution in [-0.2, 0) is 0 Å². The van der Waals surface area contributed by atoms with E-state index >= 15 is 0 Å². The second kappa shape index (κ2) is 17.9. The van der Waals surface area contributed by atoms with Crippen molar-refractivity contribution < 1.29 is 4.74 Å². The molecule has 11 aromatic rings. The molecule has 0 radical (unpaired) electrons. The molecule has 13 rings (SSSR count). The molecule has 2 aliphatic rings. The van der Waals surface area contributed by atoms with Gasteiger partial charge in [0.2, 0.25) is 0 Å². The highest BCUT2D eigenvalue weighted by Crippen LogP contribution is 2.39. The quantitative estimate of drug-likeness (QED) is 0.122. The molecule has 4 N–H and O–H groups in total. The SMILES string of the molecule is c1c2cccc(c2)c2cccc3c2Nc2ccccc2Nc2cccc(c2)Oc2cccc(c2)Nc2ccccc2Nc2c(cccc2c2cccc(c#cc4cccc3c4)c2)c2cccc(c#1)c2. The summed E-state index contributed by atoms with van der Waals surface area (Å²) in [5, 5.41) is 27.2. The largest absolute Gasteiger partial charge is 0.457 e. The van der Waals surface area contributed by atoms with Gasteiger partial charge in [-0.25, -0.2) is 0 Å². The maximum absolute atomic E-state index is 6.56. The summed E-state index contributed by atoms with van der Waals surface area (Å²) in [4.78, 5) is 0. The van der Waals surface area contributed by atoms with Crippen LogP contribution in [0.1, 0.15) is 0 Å². The standard InChI is InChI=1S/C64H42N4O/c1-3-31-61-59(29-1)65-51-21-9-23-53(41-51)69-54-24-10-22-52(42-54)66-60-30-2-4-32-62(60)68-64-57-27-12-28-58(64)50-20-8-16-46(40-50)36-34-44-14-6-18-48(38-44)56-26-11-25-55(63(56)67-61)47-17-5-13-43(37-47)33-35-45-15-7-19-49(57)39-45/h1-32,37-42,65-68H. The molecule has 324 valence electrons. The summed E-state index contributed by atoms with van der Waals surface area (Å²) in [5.74, 6) is 1.41. The van der Waals surface area contributed by atoms with Crippen molar-refractivity contribution >= 4 is 110 Å². The second-order valence-electron chi connectivity index (χ2n) is 17.0. The molecule has 0 atom stereocenters. The summed E-state index contributed by atoms with van der Waals surface area (Å²) < 4.78 is 6.56. The fraction of sp³-hybridized carbons (Fsp3) is 0. The Bertz CT molecular complexity index is 3560. The number of anilines is 8. The normalized spacial score (nSPS) is 11.5. The van der Waals surface area contributed by atoms with Gasteiger partial charge in [-0.05, 0) is 119 Å². The highest BCUT2D eigenvalue weighted by atomic mass is 16.5. The molecule has 18 bridgehead atoms. The van der Waals surface area contributed by atoms with Crippen LogP contribution in [0.3, 0.4) is 0 Å². The molecular formula is C64H42N4O. The monoisotopic (exact) mass is 882 g/mol. The summed E-state index contributed by atoms with van der Waals surface area (Å²) in [7, 11) is 0. The van der Waals surface area contributed by atoms with Crippen LogP contribution in [0.15, 0.2) is 231 Å². The predicted octanol–water partition coefficient (Wildman–Crippen LogP) is 17.7. The molecule has 0 saturated carbocycles. The molecule has 0 unspecified atom stereocenters. The summed E-state index contributed by atoms with van der Waals surface area (Å²) in [6, 6.07) is 93.7. The summed E-state index contributed by atoms with van der Waals surface area (Å²) in [6.45, 7) is 0. The Hall–Kier alpha value is -9.68. The minimum atomic E-state index is 0.704. The first kappa shape index (κ1) is 40.8. The number of nitrogens with one attached hydrogen (secondary N) is 4. The van der Waals surface area contributed by atoms with E-state index in [-0.39, 0.29) is 0 Å². The molecule has 69 heavy (non-hydrogen) atoms. The third-order valence-corrected chi connectivity index (χ3v) is 12.4. The maximum Gasteiger partial charge on any atom is 0.129 e. The first-order valence-corrected chi connectivity index (χ1v) is 23.0. The topological polar surface area (TPSA) is 57.4 Å². The Labute approximate surface area is 400 Å². The van der Waals surface area contributed by atoms with Crippen LogP contribution in [-0.4, -0.2) is 0 Å². The Morgan fingerprint density at radius 2 is 0.565 bits per heavy atom. The van der Waals surface area contributed by atoms with Crippen molar-refractivity contribution in [1.29, 1.82) is 0 Å². The van der Waals surface area contributed by atoms with Crippen LogP contribution in [0, 0.1) is 24.3 Å². The Morgan fingerprint density at radius 3 is 0.913 bits per heavy atom. The van der Waals surface area contributed by atoms with Crippen molar-refractivity contribution in [3.63, 3.8) is 0 Å². The van der Waals surface area contributed by atoms with E-state index in [1.807, 2.05) is 60.7 Å². The molecule has 2 heterocycles. The molecule has 0 aliphatic carbocycles. The highest BCUT2D eigenvalue weighted by molar-refractivity contribution is 6.11. The molecule has 11 aromatic carbocycles. The van der Waals surface area contributed by atoms with E-state index in [1.165, 1.54) is 0 Å². The van der Waals surface area contributed by atoms with Gasteiger partial charge in [0.15, 0.2) is 0 Å². The van der Waals surface area contributed by atoms with Crippen molar-refractivity contribution in [3.05, 3.63) is 255 Å². The fourth-order valence-corrected chi connectivity index (χ4v) is 9.08. The van der Waals surface area contributed by atoms with E-state index in [0.717, 1.165) is 110 Å². The van der Waals surface area contributed by atoms with Gasteiger partial charge in [0, 0.05) is 66.6 Å². The van der Waals surface area contributed by atoms with Gasteiger partial charge in [-0.2, -0.15) is 0 Å². The van der Waals surface area contributed by atoms with Crippen molar-refractivity contribution in [3.8, 4) is 11.5 Å². The number of ether oxygens (including phenoxy) is 1. The molecule has 0 saturated heterocycles. The van der Waals surface area contributed by atoms with E-state index in [2.05, 4.69) is 215 Å². The highest BCUT2D eigenvalue weighted by Gasteiger charge is 2.12. The van der Waals surface area contributed by atoms with Gasteiger partial charge in [-0.15, -0.1) is 0 Å². The van der Waals surface area contributed by atoms with Crippen LogP contribution < -0.4 is 26.0 Å². The number of rotatable bonds is 0. The first-order chi connectivity index (χ1) is 34.1. The van der Waals surface area contributed by atoms with Crippen LogP contribution in [0.4, 0.5) is 45.5 Å². The van der Waals surface area contributed by atoms with Crippen LogP contribution >= 0.6 is 0 Å². The minimum Gasteiger partial charge on any atom is -0.457 e. The average molecular weight is 883 g/mol. The zero-order valence-corrected chi connectivity index (χ0v) is 37.3. The average Bonchev–Trinajstić information content (AvgIpc) is 3.39. The third-order valence-electron chi connectivity index (χ3n) is 12.4. The number of benzene rings is 10. The molecule has 0 spiro atoms. The molecule has 0 fully saturated rings. The Morgan fingerprint density at radius 1 is 0.261 bits per heavy atom. The third kappa shape index (κ3) is 8.64. The van der Waals surface area contributed by atoms with Gasteiger partial charge in [0.25, 0.3) is 0 Å². The molecule has 0 aromatic heterocycles. The number of hydrogen-bond donors (Lipinski definition) is 4. The number of hydrogen-bond acceptors (Lipinski definition) is 5. The van der Waals surface area contributed by atoms with Gasteiger partial charge in [-0.1, -0.05) is 146 Å². The zero-order valence-electron chi connectivity index (χ0n) is 37.3. The lowest BCUT2D eigenvalue weighted by atomic mass is 10.0. The van der Waals surface area contributed by atoms with E-state index < -0.39 is 0 Å². The van der Waals surface area contributed by atoms with Crippen LogP contribution in [0.5, 0.6) is 11.5 Å². The zero-order chi connectivity index (χ0) is 45.9. The Balaban J connectivity index is 1.19. The molecule has 5 heteroatoms. The summed E-state index contributed by atoms with van der Waals surface area (Å²) >= 11 is 0. The van der Waals surface area contributed by atoms with Gasteiger partial charge >= 0.3 is 0 Å².